The third-order valence-electron chi connectivity index (χ3n) is 4.94. The molecule has 25 heavy (non-hydrogen) atoms. The van der Waals surface area contributed by atoms with Crippen LogP contribution >= 0.6 is 0 Å². The average molecular weight is 339 g/mol. The van der Waals surface area contributed by atoms with E-state index in [0.717, 1.165) is 17.7 Å². The van der Waals surface area contributed by atoms with Gasteiger partial charge in [-0.05, 0) is 24.8 Å². The first-order valence-electron chi connectivity index (χ1n) is 9.06. The summed E-state index contributed by atoms with van der Waals surface area (Å²) in [4.78, 5) is 24.3. The van der Waals surface area contributed by atoms with Gasteiger partial charge in [-0.1, -0.05) is 50.1 Å². The third kappa shape index (κ3) is 4.56. The predicted octanol–water partition coefficient (Wildman–Crippen LogP) is 3.00. The van der Waals surface area contributed by atoms with E-state index in [4.69, 9.17) is 0 Å². The standard InChI is InChI=1S/C20H25N3O2/c1-15-7-5-6-10-17(15)21-19(24)13-14-23-20(25)12-11-18(22-23)16-8-3-2-4-9-16/h2-4,8-9,11-12,15,17H,5-7,10,13-14H2,1H3,(H,21,24)/t15-,17+/m1/s1. The number of amides is 1. The van der Waals surface area contributed by atoms with Gasteiger partial charge in [0.25, 0.3) is 5.56 Å². The Morgan fingerprint density at radius 2 is 1.92 bits per heavy atom. The molecule has 1 heterocycles. The summed E-state index contributed by atoms with van der Waals surface area (Å²) < 4.78 is 1.38. The Labute approximate surface area is 148 Å². The van der Waals surface area contributed by atoms with Gasteiger partial charge >= 0.3 is 0 Å². The molecule has 1 saturated carbocycles. The van der Waals surface area contributed by atoms with Crippen LogP contribution in [-0.4, -0.2) is 21.7 Å². The van der Waals surface area contributed by atoms with Gasteiger partial charge in [-0.15, -0.1) is 0 Å². The lowest BCUT2D eigenvalue weighted by molar-refractivity contribution is -0.122. The molecule has 3 rings (SSSR count). The molecular formula is C20H25N3O2. The smallest absolute Gasteiger partial charge is 0.266 e. The van der Waals surface area contributed by atoms with E-state index in [1.165, 1.54) is 30.0 Å². The molecular weight excluding hydrogens is 314 g/mol. The zero-order valence-electron chi connectivity index (χ0n) is 14.6. The van der Waals surface area contributed by atoms with Crippen LogP contribution in [0, 0.1) is 5.92 Å². The summed E-state index contributed by atoms with van der Waals surface area (Å²) in [7, 11) is 0. The highest BCUT2D eigenvalue weighted by atomic mass is 16.2. The van der Waals surface area contributed by atoms with Gasteiger partial charge < -0.3 is 5.32 Å². The summed E-state index contributed by atoms with van der Waals surface area (Å²) in [5.74, 6) is 0.525. The Bertz CT molecular complexity index is 770. The van der Waals surface area contributed by atoms with Crippen LogP contribution in [0.4, 0.5) is 0 Å². The number of hydrogen-bond acceptors (Lipinski definition) is 3. The topological polar surface area (TPSA) is 64.0 Å². The van der Waals surface area contributed by atoms with E-state index in [9.17, 15) is 9.59 Å². The molecule has 0 unspecified atom stereocenters. The van der Waals surface area contributed by atoms with Crippen LogP contribution in [0.2, 0.25) is 0 Å². The van der Waals surface area contributed by atoms with Crippen LogP contribution in [0.3, 0.4) is 0 Å². The zero-order valence-corrected chi connectivity index (χ0v) is 14.6. The summed E-state index contributed by atoms with van der Waals surface area (Å²) in [5, 5.41) is 7.52. The third-order valence-corrected chi connectivity index (χ3v) is 4.94. The summed E-state index contributed by atoms with van der Waals surface area (Å²) >= 11 is 0. The molecule has 5 nitrogen and oxygen atoms in total. The molecule has 5 heteroatoms. The van der Waals surface area contributed by atoms with E-state index in [1.807, 2.05) is 30.3 Å². The number of nitrogens with one attached hydrogen (secondary N) is 1. The van der Waals surface area contributed by atoms with Crippen molar-refractivity contribution in [3.8, 4) is 11.3 Å². The minimum Gasteiger partial charge on any atom is -0.353 e. The summed E-state index contributed by atoms with van der Waals surface area (Å²) in [6.07, 6.45) is 4.92. The molecule has 0 aliphatic heterocycles. The fourth-order valence-corrected chi connectivity index (χ4v) is 3.39. The van der Waals surface area contributed by atoms with Crippen molar-refractivity contribution in [2.24, 2.45) is 5.92 Å². The highest BCUT2D eigenvalue weighted by Crippen LogP contribution is 2.23. The maximum atomic E-state index is 12.2. The summed E-state index contributed by atoms with van der Waals surface area (Å²) in [5.41, 5.74) is 1.51. The number of rotatable bonds is 5. The monoisotopic (exact) mass is 339 g/mol. The van der Waals surface area contributed by atoms with Gasteiger partial charge in [-0.3, -0.25) is 9.59 Å². The highest BCUT2D eigenvalue weighted by Gasteiger charge is 2.22. The fraction of sp³-hybridized carbons (Fsp3) is 0.450. The quantitative estimate of drug-likeness (QED) is 0.911. The zero-order chi connectivity index (χ0) is 17.6. The van der Waals surface area contributed by atoms with E-state index in [2.05, 4.69) is 17.3 Å². The molecule has 0 bridgehead atoms. The van der Waals surface area contributed by atoms with Gasteiger partial charge in [0.05, 0.1) is 12.2 Å². The van der Waals surface area contributed by atoms with Crippen molar-refractivity contribution in [3.63, 3.8) is 0 Å². The average Bonchev–Trinajstić information content (AvgIpc) is 2.64. The van der Waals surface area contributed by atoms with Crippen LogP contribution in [0.1, 0.15) is 39.0 Å². The largest absolute Gasteiger partial charge is 0.353 e. The first-order valence-corrected chi connectivity index (χ1v) is 9.06. The maximum Gasteiger partial charge on any atom is 0.266 e. The SMILES string of the molecule is C[C@@H]1CCCC[C@@H]1NC(=O)CCn1nc(-c2ccccc2)ccc1=O. The number of aryl methyl sites for hydroxylation is 1. The lowest BCUT2D eigenvalue weighted by atomic mass is 9.86. The number of hydrogen-bond donors (Lipinski definition) is 1. The van der Waals surface area contributed by atoms with Crippen molar-refractivity contribution in [2.75, 3.05) is 0 Å². The number of aromatic nitrogens is 2. The Kier molecular flexibility index (Phi) is 5.64. The highest BCUT2D eigenvalue weighted by molar-refractivity contribution is 5.76. The molecule has 1 aromatic carbocycles. The van der Waals surface area contributed by atoms with Gasteiger partial charge in [0.15, 0.2) is 0 Å². The Balaban J connectivity index is 1.62. The molecule has 2 aromatic rings. The number of benzene rings is 1. The molecule has 2 atom stereocenters. The van der Waals surface area contributed by atoms with Crippen molar-refractivity contribution in [3.05, 3.63) is 52.8 Å². The van der Waals surface area contributed by atoms with Crippen LogP contribution < -0.4 is 10.9 Å². The Morgan fingerprint density at radius 3 is 2.68 bits per heavy atom. The summed E-state index contributed by atoms with van der Waals surface area (Å²) in [6.45, 7) is 2.49. The van der Waals surface area contributed by atoms with Gasteiger partial charge in [-0.2, -0.15) is 5.10 Å². The number of nitrogens with zero attached hydrogens (tertiary/aromatic N) is 2. The van der Waals surface area contributed by atoms with Crippen molar-refractivity contribution in [1.82, 2.24) is 15.1 Å². The first-order chi connectivity index (χ1) is 12.1. The molecule has 1 N–H and O–H groups in total. The van der Waals surface area contributed by atoms with E-state index >= 15 is 0 Å². The van der Waals surface area contributed by atoms with Crippen LogP contribution in [-0.2, 0) is 11.3 Å². The molecule has 0 spiro atoms. The number of carbonyl (C=O) groups excluding carboxylic acids is 1. The van der Waals surface area contributed by atoms with Gasteiger partial charge in [-0.25, -0.2) is 4.68 Å². The summed E-state index contributed by atoms with van der Waals surface area (Å²) in [6, 6.07) is 13.2. The lowest BCUT2D eigenvalue weighted by Crippen LogP contribution is -2.41. The second-order valence-electron chi connectivity index (χ2n) is 6.83. The normalized spacial score (nSPS) is 20.2. The van der Waals surface area contributed by atoms with E-state index in [-0.39, 0.29) is 23.9 Å². The van der Waals surface area contributed by atoms with Crippen molar-refractivity contribution in [2.45, 2.75) is 51.6 Å². The molecule has 0 radical (unpaired) electrons. The lowest BCUT2D eigenvalue weighted by Gasteiger charge is -2.29. The molecule has 1 fully saturated rings. The van der Waals surface area contributed by atoms with Crippen LogP contribution in [0.15, 0.2) is 47.3 Å². The molecule has 1 amide bonds. The number of carbonyl (C=O) groups is 1. The molecule has 132 valence electrons. The van der Waals surface area contributed by atoms with Gasteiger partial charge in [0.1, 0.15) is 0 Å². The minimum absolute atomic E-state index is 0.00226. The van der Waals surface area contributed by atoms with Crippen molar-refractivity contribution < 1.29 is 4.79 Å². The van der Waals surface area contributed by atoms with Crippen LogP contribution in [0.25, 0.3) is 11.3 Å². The van der Waals surface area contributed by atoms with E-state index < -0.39 is 0 Å². The molecule has 0 saturated heterocycles. The first kappa shape index (κ1) is 17.4. The van der Waals surface area contributed by atoms with E-state index in [0.29, 0.717) is 12.5 Å². The maximum absolute atomic E-state index is 12.2. The molecule has 1 aliphatic rings. The fourth-order valence-electron chi connectivity index (χ4n) is 3.39. The van der Waals surface area contributed by atoms with E-state index in [1.54, 1.807) is 6.07 Å². The Hall–Kier alpha value is -2.43. The van der Waals surface area contributed by atoms with Crippen LogP contribution in [0.5, 0.6) is 0 Å². The van der Waals surface area contributed by atoms with Crippen molar-refractivity contribution >= 4 is 5.91 Å². The predicted molar refractivity (Wildman–Crippen MR) is 98.1 cm³/mol. The van der Waals surface area contributed by atoms with Crippen molar-refractivity contribution in [1.29, 1.82) is 0 Å². The second kappa shape index (κ2) is 8.10. The second-order valence-corrected chi connectivity index (χ2v) is 6.83. The minimum atomic E-state index is -0.182. The van der Waals surface area contributed by atoms with Gasteiger partial charge in [0, 0.05) is 24.1 Å². The van der Waals surface area contributed by atoms with Gasteiger partial charge in [0.2, 0.25) is 5.91 Å². The molecule has 1 aliphatic carbocycles. The Morgan fingerprint density at radius 1 is 1.16 bits per heavy atom. The molecule has 1 aromatic heterocycles.